The first-order chi connectivity index (χ1) is 16.3. The number of thioether (sulfide) groups is 1. The molecule has 0 radical (unpaired) electrons. The van der Waals surface area contributed by atoms with Crippen LogP contribution in [0.2, 0.25) is 0 Å². The number of hydrogen-bond acceptors (Lipinski definition) is 7. The molecular weight excluding hydrogens is 448 g/mol. The quantitative estimate of drug-likeness (QED) is 0.415. The second-order valence-corrected chi connectivity index (χ2v) is 9.62. The smallest absolute Gasteiger partial charge is 0.283 e. The summed E-state index contributed by atoms with van der Waals surface area (Å²) in [7, 11) is 1.62. The largest absolute Gasteiger partial charge is 0.497 e. The van der Waals surface area contributed by atoms with E-state index >= 15 is 0 Å². The number of hydrogen-bond donors (Lipinski definition) is 0. The number of rotatable bonds is 7. The number of carbonyl (C=O) groups is 1. The van der Waals surface area contributed by atoms with E-state index in [1.807, 2.05) is 50.2 Å². The van der Waals surface area contributed by atoms with Crippen molar-refractivity contribution in [3.63, 3.8) is 0 Å². The molecule has 0 saturated carbocycles. The highest BCUT2D eigenvalue weighted by atomic mass is 32.2. The summed E-state index contributed by atoms with van der Waals surface area (Å²) in [6.45, 7) is 8.26. The van der Waals surface area contributed by atoms with Crippen molar-refractivity contribution in [2.45, 2.75) is 39.9 Å². The van der Waals surface area contributed by atoms with Gasteiger partial charge >= 0.3 is 0 Å². The number of aromatic nitrogens is 2. The van der Waals surface area contributed by atoms with Crippen LogP contribution in [0.15, 0.2) is 57.7 Å². The fourth-order valence-electron chi connectivity index (χ4n) is 3.68. The Morgan fingerprint density at radius 3 is 2.47 bits per heavy atom. The zero-order chi connectivity index (χ0) is 24.2. The Bertz CT molecular complexity index is 1220. The van der Waals surface area contributed by atoms with Crippen LogP contribution >= 0.6 is 11.8 Å². The molecule has 0 aliphatic carbocycles. The van der Waals surface area contributed by atoms with Crippen LogP contribution in [0, 0.1) is 19.8 Å². The Morgan fingerprint density at radius 2 is 1.82 bits per heavy atom. The monoisotopic (exact) mass is 476 g/mol. The van der Waals surface area contributed by atoms with E-state index < -0.39 is 0 Å². The standard InChI is InChI=1S/C26H28N4O3S/c1-16(2)10-23-28-24(33-29-23)15-34-26-27-22(14-19-6-8-21(32-5)9-7-19)25(31)30(26)20-12-17(3)11-18(4)13-20/h6-9,11-14,16H,10,15H2,1-5H3/b22-14-. The lowest BCUT2D eigenvalue weighted by Crippen LogP contribution is -2.30. The van der Waals surface area contributed by atoms with E-state index in [9.17, 15) is 4.79 Å². The van der Waals surface area contributed by atoms with Crippen molar-refractivity contribution in [1.29, 1.82) is 0 Å². The number of aryl methyl sites for hydroxylation is 2. The summed E-state index contributed by atoms with van der Waals surface area (Å²) < 4.78 is 10.6. The molecule has 8 heteroatoms. The second kappa shape index (κ2) is 10.3. The molecule has 0 saturated heterocycles. The van der Waals surface area contributed by atoms with Crippen molar-refractivity contribution in [2.75, 3.05) is 12.0 Å². The van der Waals surface area contributed by atoms with E-state index in [4.69, 9.17) is 14.3 Å². The van der Waals surface area contributed by atoms with Gasteiger partial charge in [-0.3, -0.25) is 9.69 Å². The van der Waals surface area contributed by atoms with Gasteiger partial charge in [0.25, 0.3) is 5.91 Å². The Kier molecular flexibility index (Phi) is 7.17. The maximum atomic E-state index is 13.5. The van der Waals surface area contributed by atoms with Gasteiger partial charge in [0.15, 0.2) is 11.0 Å². The Hall–Kier alpha value is -3.39. The molecule has 0 atom stereocenters. The van der Waals surface area contributed by atoms with E-state index in [0.29, 0.717) is 34.3 Å². The first kappa shape index (κ1) is 23.8. The topological polar surface area (TPSA) is 80.8 Å². The molecule has 3 aromatic rings. The van der Waals surface area contributed by atoms with Crippen LogP contribution in [-0.2, 0) is 17.0 Å². The van der Waals surface area contributed by atoms with E-state index in [1.54, 1.807) is 18.1 Å². The highest BCUT2D eigenvalue weighted by Gasteiger charge is 2.32. The van der Waals surface area contributed by atoms with Gasteiger partial charge in [0.1, 0.15) is 11.4 Å². The summed E-state index contributed by atoms with van der Waals surface area (Å²) >= 11 is 1.41. The zero-order valence-electron chi connectivity index (χ0n) is 20.0. The lowest BCUT2D eigenvalue weighted by Gasteiger charge is -2.18. The SMILES string of the molecule is COc1ccc(/C=C2\N=C(SCc3nc(CC(C)C)no3)N(c3cc(C)cc(C)c3)C2=O)cc1. The molecule has 1 aliphatic heterocycles. The maximum Gasteiger partial charge on any atom is 0.283 e. The molecule has 176 valence electrons. The molecule has 0 unspecified atom stereocenters. The second-order valence-electron chi connectivity index (χ2n) is 8.67. The summed E-state index contributed by atoms with van der Waals surface area (Å²) in [4.78, 5) is 24.3. The van der Waals surface area contributed by atoms with E-state index in [-0.39, 0.29) is 5.91 Å². The molecule has 0 N–H and O–H groups in total. The third-order valence-corrected chi connectivity index (χ3v) is 6.06. The molecule has 0 bridgehead atoms. The predicted octanol–water partition coefficient (Wildman–Crippen LogP) is 5.57. The van der Waals surface area contributed by atoms with Crippen LogP contribution in [0.5, 0.6) is 5.75 Å². The van der Waals surface area contributed by atoms with Gasteiger partial charge in [-0.05, 0) is 66.8 Å². The average molecular weight is 477 g/mol. The molecule has 0 fully saturated rings. The fourth-order valence-corrected chi connectivity index (χ4v) is 4.53. The molecule has 4 rings (SSSR count). The highest BCUT2D eigenvalue weighted by Crippen LogP contribution is 2.32. The first-order valence-electron chi connectivity index (χ1n) is 11.1. The third-order valence-electron chi connectivity index (χ3n) is 5.14. The number of carbonyl (C=O) groups excluding carboxylic acids is 1. The van der Waals surface area contributed by atoms with E-state index in [2.05, 4.69) is 30.1 Å². The van der Waals surface area contributed by atoms with Gasteiger partial charge in [0, 0.05) is 6.42 Å². The number of ether oxygens (including phenoxy) is 1. The van der Waals surface area contributed by atoms with E-state index in [1.165, 1.54) is 11.8 Å². The van der Waals surface area contributed by atoms with Gasteiger partial charge in [-0.2, -0.15) is 4.98 Å². The van der Waals surface area contributed by atoms with Crippen LogP contribution < -0.4 is 9.64 Å². The van der Waals surface area contributed by atoms with Gasteiger partial charge in [0.05, 0.1) is 18.6 Å². The Labute approximate surface area is 203 Å². The number of aliphatic imine (C=N–C) groups is 1. The van der Waals surface area contributed by atoms with Crippen LogP contribution in [0.1, 0.15) is 42.3 Å². The summed E-state index contributed by atoms with van der Waals surface area (Å²) in [6, 6.07) is 13.6. The third kappa shape index (κ3) is 5.56. The van der Waals surface area contributed by atoms with Gasteiger partial charge < -0.3 is 9.26 Å². The molecule has 7 nitrogen and oxygen atoms in total. The summed E-state index contributed by atoms with van der Waals surface area (Å²) in [5, 5.41) is 4.64. The lowest BCUT2D eigenvalue weighted by molar-refractivity contribution is -0.113. The molecule has 1 amide bonds. The zero-order valence-corrected chi connectivity index (χ0v) is 20.8. The van der Waals surface area contributed by atoms with Crippen molar-refractivity contribution in [2.24, 2.45) is 10.9 Å². The minimum Gasteiger partial charge on any atom is -0.497 e. The molecule has 2 heterocycles. The number of amides is 1. The van der Waals surface area contributed by atoms with Crippen molar-refractivity contribution < 1.29 is 14.1 Å². The van der Waals surface area contributed by atoms with Gasteiger partial charge in [-0.1, -0.05) is 49.0 Å². The molecule has 34 heavy (non-hydrogen) atoms. The molecular formula is C26H28N4O3S. The summed E-state index contributed by atoms with van der Waals surface area (Å²) in [5.41, 5.74) is 4.19. The Balaban J connectivity index is 1.63. The summed E-state index contributed by atoms with van der Waals surface area (Å²) in [5.74, 6) is 2.67. The molecule has 0 spiro atoms. The van der Waals surface area contributed by atoms with Crippen LogP contribution in [-0.4, -0.2) is 28.3 Å². The van der Waals surface area contributed by atoms with Crippen molar-refractivity contribution >= 4 is 34.6 Å². The van der Waals surface area contributed by atoms with Crippen molar-refractivity contribution in [3.8, 4) is 5.75 Å². The van der Waals surface area contributed by atoms with Crippen LogP contribution in [0.25, 0.3) is 6.08 Å². The minimum atomic E-state index is -0.172. The van der Waals surface area contributed by atoms with Crippen molar-refractivity contribution in [3.05, 3.63) is 76.6 Å². The molecule has 1 aliphatic rings. The number of anilines is 1. The van der Waals surface area contributed by atoms with Crippen molar-refractivity contribution in [1.82, 2.24) is 10.1 Å². The predicted molar refractivity (Wildman–Crippen MR) is 136 cm³/mol. The highest BCUT2D eigenvalue weighted by molar-refractivity contribution is 8.13. The minimum absolute atomic E-state index is 0.172. The van der Waals surface area contributed by atoms with Gasteiger partial charge in [-0.25, -0.2) is 4.99 Å². The lowest BCUT2D eigenvalue weighted by atomic mass is 10.1. The number of amidine groups is 1. The Morgan fingerprint density at radius 1 is 1.12 bits per heavy atom. The number of methoxy groups -OCH3 is 1. The average Bonchev–Trinajstić information content (AvgIpc) is 3.35. The fraction of sp³-hybridized carbons (Fsp3) is 0.308. The molecule has 1 aromatic heterocycles. The molecule has 2 aromatic carbocycles. The summed E-state index contributed by atoms with van der Waals surface area (Å²) in [6.07, 6.45) is 2.55. The number of nitrogens with zero attached hydrogens (tertiary/aromatic N) is 4. The maximum absolute atomic E-state index is 13.5. The van der Waals surface area contributed by atoms with Gasteiger partial charge in [-0.15, -0.1) is 0 Å². The number of benzene rings is 2. The van der Waals surface area contributed by atoms with E-state index in [0.717, 1.165) is 34.5 Å². The van der Waals surface area contributed by atoms with Crippen LogP contribution in [0.4, 0.5) is 5.69 Å². The normalized spacial score (nSPS) is 14.9. The first-order valence-corrected chi connectivity index (χ1v) is 12.1. The van der Waals surface area contributed by atoms with Crippen LogP contribution in [0.3, 0.4) is 0 Å². The van der Waals surface area contributed by atoms with Gasteiger partial charge in [0.2, 0.25) is 5.89 Å².